The highest BCUT2D eigenvalue weighted by Crippen LogP contribution is 2.32. The van der Waals surface area contributed by atoms with Gasteiger partial charge in [-0.15, -0.1) is 12.4 Å². The van der Waals surface area contributed by atoms with E-state index in [2.05, 4.69) is 5.32 Å². The van der Waals surface area contributed by atoms with Crippen LogP contribution in [0.15, 0.2) is 18.2 Å². The van der Waals surface area contributed by atoms with Gasteiger partial charge >= 0.3 is 0 Å². The minimum absolute atomic E-state index is 0. The highest BCUT2D eigenvalue weighted by atomic mass is 35.5. The molecule has 0 heterocycles. The molecule has 1 aromatic rings. The van der Waals surface area contributed by atoms with Crippen molar-refractivity contribution >= 4 is 35.6 Å². The summed E-state index contributed by atoms with van der Waals surface area (Å²) >= 11 is 5.77. The van der Waals surface area contributed by atoms with Crippen LogP contribution >= 0.6 is 24.0 Å². The van der Waals surface area contributed by atoms with Gasteiger partial charge < -0.3 is 11.1 Å². The van der Waals surface area contributed by atoms with Gasteiger partial charge in [0.1, 0.15) is 0 Å². The van der Waals surface area contributed by atoms with Crippen LogP contribution < -0.4 is 11.1 Å². The van der Waals surface area contributed by atoms with Gasteiger partial charge in [-0.1, -0.05) is 11.6 Å². The second kappa shape index (κ2) is 6.88. The van der Waals surface area contributed by atoms with Gasteiger partial charge in [0.15, 0.2) is 0 Å². The number of carbonyl (C=O) groups is 1. The molecule has 8 heteroatoms. The zero-order valence-electron chi connectivity index (χ0n) is 10.5. The molecule has 0 saturated heterocycles. The Labute approximate surface area is 127 Å². The predicted octanol–water partition coefficient (Wildman–Crippen LogP) is 2.14. The Morgan fingerprint density at radius 2 is 2.15 bits per heavy atom. The first kappa shape index (κ1) is 16.7. The third-order valence-corrected chi connectivity index (χ3v) is 3.34. The molecular weight excluding hydrogens is 305 g/mol. The lowest BCUT2D eigenvalue weighted by molar-refractivity contribution is -0.384. The van der Waals surface area contributed by atoms with Crippen LogP contribution in [0.25, 0.3) is 0 Å². The Kier molecular flexibility index (Phi) is 5.74. The number of halogens is 2. The number of hydrogen-bond acceptors (Lipinski definition) is 4. The van der Waals surface area contributed by atoms with Gasteiger partial charge in [0, 0.05) is 35.3 Å². The maximum absolute atomic E-state index is 12.0. The normalized spacial score (nSPS) is 15.1. The lowest BCUT2D eigenvalue weighted by Crippen LogP contribution is -2.41. The van der Waals surface area contributed by atoms with E-state index in [1.807, 2.05) is 0 Å². The predicted molar refractivity (Wildman–Crippen MR) is 78.4 cm³/mol. The van der Waals surface area contributed by atoms with E-state index in [4.69, 9.17) is 17.3 Å². The first-order chi connectivity index (χ1) is 9.01. The van der Waals surface area contributed by atoms with Crippen molar-refractivity contribution in [1.29, 1.82) is 0 Å². The van der Waals surface area contributed by atoms with Crippen LogP contribution in [0.2, 0.25) is 5.02 Å². The number of hydrogen-bond donors (Lipinski definition) is 2. The maximum Gasteiger partial charge on any atom is 0.271 e. The van der Waals surface area contributed by atoms with Crippen molar-refractivity contribution in [1.82, 2.24) is 5.32 Å². The van der Waals surface area contributed by atoms with Crippen molar-refractivity contribution < 1.29 is 9.72 Å². The van der Waals surface area contributed by atoms with Crippen molar-refractivity contribution in [2.75, 3.05) is 6.54 Å². The van der Waals surface area contributed by atoms with Crippen molar-refractivity contribution in [3.63, 3.8) is 0 Å². The monoisotopic (exact) mass is 319 g/mol. The van der Waals surface area contributed by atoms with Gasteiger partial charge in [-0.25, -0.2) is 0 Å². The highest BCUT2D eigenvalue weighted by Gasteiger charge is 2.31. The van der Waals surface area contributed by atoms with E-state index in [0.717, 1.165) is 12.8 Å². The summed E-state index contributed by atoms with van der Waals surface area (Å²) in [4.78, 5) is 22.2. The average molecular weight is 320 g/mol. The van der Waals surface area contributed by atoms with Crippen molar-refractivity contribution in [2.24, 2.45) is 11.7 Å². The van der Waals surface area contributed by atoms with Crippen molar-refractivity contribution in [3.05, 3.63) is 38.9 Å². The molecule has 1 aliphatic carbocycles. The van der Waals surface area contributed by atoms with Crippen LogP contribution in [0.1, 0.15) is 23.2 Å². The number of nitrogens with zero attached hydrogens (tertiary/aromatic N) is 1. The van der Waals surface area contributed by atoms with Crippen molar-refractivity contribution in [3.8, 4) is 0 Å². The van der Waals surface area contributed by atoms with Crippen LogP contribution in [-0.4, -0.2) is 23.4 Å². The summed E-state index contributed by atoms with van der Waals surface area (Å²) in [6, 6.07) is 3.75. The number of nitro groups is 1. The average Bonchev–Trinajstić information content (AvgIpc) is 3.19. The summed E-state index contributed by atoms with van der Waals surface area (Å²) in [5.41, 5.74) is 5.58. The van der Waals surface area contributed by atoms with Crippen LogP contribution in [0.4, 0.5) is 5.69 Å². The second-order valence-corrected chi connectivity index (χ2v) is 5.04. The summed E-state index contributed by atoms with van der Waals surface area (Å²) < 4.78 is 0. The molecule has 1 saturated carbocycles. The molecule has 1 atom stereocenters. The maximum atomic E-state index is 12.0. The van der Waals surface area contributed by atoms with E-state index in [0.29, 0.717) is 12.5 Å². The van der Waals surface area contributed by atoms with Gasteiger partial charge in [0.2, 0.25) is 0 Å². The number of nitro benzene ring substituents is 1. The number of carbonyl (C=O) groups excluding carboxylic acids is 1. The molecule has 3 N–H and O–H groups in total. The smallest absolute Gasteiger partial charge is 0.271 e. The topological polar surface area (TPSA) is 98.3 Å². The Morgan fingerprint density at radius 3 is 2.65 bits per heavy atom. The van der Waals surface area contributed by atoms with E-state index < -0.39 is 4.92 Å². The number of nitrogens with one attached hydrogen (secondary N) is 1. The fraction of sp³-hybridized carbons (Fsp3) is 0.417. The van der Waals surface area contributed by atoms with E-state index >= 15 is 0 Å². The third kappa shape index (κ3) is 4.06. The standard InChI is InChI=1S/C12H14ClN3O3.ClH/c13-9-3-8(4-10(5-9)16(18)19)12(17)15-11(6-14)7-1-2-7;/h3-5,7,11H,1-2,6,14H2,(H,15,17);1H. The van der Waals surface area contributed by atoms with Crippen LogP contribution in [0.5, 0.6) is 0 Å². The van der Waals surface area contributed by atoms with Gasteiger partial charge in [-0.2, -0.15) is 0 Å². The molecule has 0 spiro atoms. The summed E-state index contributed by atoms with van der Waals surface area (Å²) in [6.45, 7) is 0.360. The number of amides is 1. The largest absolute Gasteiger partial charge is 0.348 e. The number of nitrogens with two attached hydrogens (primary N) is 1. The molecule has 0 aromatic heterocycles. The molecule has 2 rings (SSSR count). The Bertz CT molecular complexity index is 521. The van der Waals surface area contributed by atoms with Gasteiger partial charge in [0.05, 0.1) is 4.92 Å². The first-order valence-electron chi connectivity index (χ1n) is 5.97. The number of non-ortho nitro benzene ring substituents is 1. The lowest BCUT2D eigenvalue weighted by Gasteiger charge is -2.15. The van der Waals surface area contributed by atoms with Crippen LogP contribution in [0.3, 0.4) is 0 Å². The molecule has 1 aromatic carbocycles. The van der Waals surface area contributed by atoms with Gasteiger partial charge in [-0.3, -0.25) is 14.9 Å². The second-order valence-electron chi connectivity index (χ2n) is 4.61. The molecule has 20 heavy (non-hydrogen) atoms. The first-order valence-corrected chi connectivity index (χ1v) is 6.35. The van der Waals surface area contributed by atoms with Crippen molar-refractivity contribution in [2.45, 2.75) is 18.9 Å². The fourth-order valence-corrected chi connectivity index (χ4v) is 2.16. The number of rotatable bonds is 5. The highest BCUT2D eigenvalue weighted by molar-refractivity contribution is 6.31. The van der Waals surface area contributed by atoms with Crippen LogP contribution in [0, 0.1) is 16.0 Å². The van der Waals surface area contributed by atoms with E-state index in [1.165, 1.54) is 18.2 Å². The Hall–Kier alpha value is -1.37. The molecule has 1 amide bonds. The van der Waals surface area contributed by atoms with E-state index in [1.54, 1.807) is 0 Å². The summed E-state index contributed by atoms with van der Waals surface area (Å²) in [5.74, 6) is 0.0380. The van der Waals surface area contributed by atoms with Gasteiger partial charge in [-0.05, 0) is 24.8 Å². The Balaban J connectivity index is 0.00000200. The molecule has 6 nitrogen and oxygen atoms in total. The molecule has 110 valence electrons. The molecule has 1 unspecified atom stereocenters. The quantitative estimate of drug-likeness (QED) is 0.641. The number of benzene rings is 1. The van der Waals surface area contributed by atoms with E-state index in [-0.39, 0.29) is 40.6 Å². The molecule has 0 aliphatic heterocycles. The summed E-state index contributed by atoms with van der Waals surface area (Å²) in [5, 5.41) is 13.7. The molecule has 1 fully saturated rings. The fourth-order valence-electron chi connectivity index (χ4n) is 1.93. The molecule has 0 radical (unpaired) electrons. The zero-order valence-corrected chi connectivity index (χ0v) is 12.1. The Morgan fingerprint density at radius 1 is 1.50 bits per heavy atom. The minimum atomic E-state index is -0.579. The molecule has 0 bridgehead atoms. The molecular formula is C12H15Cl2N3O3. The summed E-state index contributed by atoms with van der Waals surface area (Å²) in [6.07, 6.45) is 2.11. The minimum Gasteiger partial charge on any atom is -0.348 e. The SMILES string of the molecule is Cl.NCC(NC(=O)c1cc(Cl)cc([N+](=O)[O-])c1)C1CC1. The zero-order chi connectivity index (χ0) is 14.0. The van der Waals surface area contributed by atoms with Gasteiger partial charge in [0.25, 0.3) is 11.6 Å². The summed E-state index contributed by atoms with van der Waals surface area (Å²) in [7, 11) is 0. The third-order valence-electron chi connectivity index (χ3n) is 3.12. The van der Waals surface area contributed by atoms with E-state index in [9.17, 15) is 14.9 Å². The molecule has 1 aliphatic rings. The lowest BCUT2D eigenvalue weighted by atomic mass is 10.1. The van der Waals surface area contributed by atoms with Crippen LogP contribution in [-0.2, 0) is 0 Å².